The van der Waals surface area contributed by atoms with Crippen LogP contribution in [0.25, 0.3) is 0 Å². The van der Waals surface area contributed by atoms with Gasteiger partial charge in [0.1, 0.15) is 11.5 Å². The summed E-state index contributed by atoms with van der Waals surface area (Å²) in [5.41, 5.74) is 2.64. The van der Waals surface area contributed by atoms with Crippen LogP contribution in [0.4, 0.5) is 5.69 Å². The molecule has 0 atom stereocenters. The van der Waals surface area contributed by atoms with E-state index < -0.39 is 0 Å². The van der Waals surface area contributed by atoms with Crippen molar-refractivity contribution in [1.29, 1.82) is 0 Å². The van der Waals surface area contributed by atoms with Gasteiger partial charge in [-0.1, -0.05) is 12.1 Å². The van der Waals surface area contributed by atoms with Crippen molar-refractivity contribution in [2.75, 3.05) is 38.3 Å². The monoisotopic (exact) mass is 382 g/mol. The Balaban J connectivity index is 1.31. The van der Waals surface area contributed by atoms with E-state index >= 15 is 0 Å². The number of ether oxygens (including phenoxy) is 2. The average molecular weight is 383 g/mol. The van der Waals surface area contributed by atoms with Crippen LogP contribution in [0.5, 0.6) is 11.5 Å². The zero-order valence-corrected chi connectivity index (χ0v) is 16.7. The van der Waals surface area contributed by atoms with E-state index in [9.17, 15) is 4.79 Å². The van der Waals surface area contributed by atoms with Gasteiger partial charge in [0.15, 0.2) is 6.61 Å². The smallest absolute Gasteiger partial charge is 0.257 e. The molecule has 0 bridgehead atoms. The Hall–Kier alpha value is -2.69. The number of anilines is 1. The number of piperidine rings is 1. The van der Waals surface area contributed by atoms with Crippen LogP contribution in [-0.4, -0.2) is 39.3 Å². The van der Waals surface area contributed by atoms with Crippen molar-refractivity contribution >= 4 is 11.6 Å². The minimum absolute atomic E-state index is 0.0247. The quantitative estimate of drug-likeness (QED) is 0.670. The van der Waals surface area contributed by atoms with Gasteiger partial charge in [-0.15, -0.1) is 0 Å². The molecular weight excluding hydrogens is 352 g/mol. The zero-order valence-electron chi connectivity index (χ0n) is 16.7. The summed E-state index contributed by atoms with van der Waals surface area (Å²) in [6.45, 7) is 3.02. The number of rotatable bonds is 9. The van der Waals surface area contributed by atoms with Gasteiger partial charge >= 0.3 is 0 Å². The van der Waals surface area contributed by atoms with Gasteiger partial charge in [0, 0.05) is 25.3 Å². The Morgan fingerprint density at radius 1 is 0.964 bits per heavy atom. The molecule has 0 aromatic heterocycles. The van der Waals surface area contributed by atoms with Crippen molar-refractivity contribution < 1.29 is 14.3 Å². The summed E-state index contributed by atoms with van der Waals surface area (Å²) >= 11 is 0. The Morgan fingerprint density at radius 3 is 2.32 bits per heavy atom. The fourth-order valence-corrected chi connectivity index (χ4v) is 3.42. The van der Waals surface area contributed by atoms with E-state index in [1.807, 2.05) is 12.1 Å². The fourth-order valence-electron chi connectivity index (χ4n) is 3.42. The van der Waals surface area contributed by atoms with E-state index in [1.54, 1.807) is 19.2 Å². The highest BCUT2D eigenvalue weighted by Gasteiger charge is 2.10. The van der Waals surface area contributed by atoms with Crippen molar-refractivity contribution in [3.63, 3.8) is 0 Å². The lowest BCUT2D eigenvalue weighted by Gasteiger charge is -2.28. The summed E-state index contributed by atoms with van der Waals surface area (Å²) < 4.78 is 10.6. The molecule has 1 amide bonds. The molecule has 1 heterocycles. The predicted molar refractivity (Wildman–Crippen MR) is 112 cm³/mol. The first-order valence-electron chi connectivity index (χ1n) is 10.1. The number of aryl methyl sites for hydroxylation is 1. The number of hydrogen-bond donors (Lipinski definition) is 1. The van der Waals surface area contributed by atoms with Crippen molar-refractivity contribution in [1.82, 2.24) is 5.32 Å². The summed E-state index contributed by atoms with van der Waals surface area (Å²) in [4.78, 5) is 14.4. The third-order valence-electron chi connectivity index (χ3n) is 5.05. The van der Waals surface area contributed by atoms with E-state index in [-0.39, 0.29) is 12.5 Å². The normalized spacial score (nSPS) is 13.8. The Labute approximate surface area is 167 Å². The Bertz CT molecular complexity index is 723. The van der Waals surface area contributed by atoms with Crippen LogP contribution in [0, 0.1) is 0 Å². The topological polar surface area (TPSA) is 50.8 Å². The van der Waals surface area contributed by atoms with Gasteiger partial charge in [-0.2, -0.15) is 0 Å². The number of nitrogens with zero attached hydrogens (tertiary/aromatic N) is 1. The highest BCUT2D eigenvalue weighted by atomic mass is 16.5. The molecule has 0 saturated carbocycles. The fraction of sp³-hybridized carbons (Fsp3) is 0.435. The Kier molecular flexibility index (Phi) is 7.59. The maximum atomic E-state index is 11.9. The standard InChI is InChI=1S/C23H30N2O3/c1-27-21-11-13-22(14-12-21)28-18-23(26)24-15-5-6-19-7-9-20(10-8-19)25-16-3-2-4-17-25/h7-14H,2-6,15-18H2,1H3,(H,24,26). The predicted octanol–water partition coefficient (Wildman–Crippen LogP) is 3.81. The van der Waals surface area contributed by atoms with E-state index in [1.165, 1.54) is 43.6 Å². The molecule has 1 aliphatic heterocycles. The first kappa shape index (κ1) is 20.1. The molecule has 1 N–H and O–H groups in total. The number of methoxy groups -OCH3 is 1. The largest absolute Gasteiger partial charge is 0.497 e. The first-order chi connectivity index (χ1) is 13.7. The SMILES string of the molecule is COc1ccc(OCC(=O)NCCCc2ccc(N3CCCCC3)cc2)cc1. The maximum absolute atomic E-state index is 11.9. The van der Waals surface area contributed by atoms with Crippen LogP contribution in [0.3, 0.4) is 0 Å². The van der Waals surface area contributed by atoms with Gasteiger partial charge in [-0.25, -0.2) is 0 Å². The number of hydrogen-bond acceptors (Lipinski definition) is 4. The molecule has 0 spiro atoms. The van der Waals surface area contributed by atoms with E-state index in [0.29, 0.717) is 12.3 Å². The molecular formula is C23H30N2O3. The lowest BCUT2D eigenvalue weighted by atomic mass is 10.1. The number of benzene rings is 2. The number of carbonyl (C=O) groups is 1. The van der Waals surface area contributed by atoms with E-state index in [4.69, 9.17) is 9.47 Å². The molecule has 3 rings (SSSR count). The lowest BCUT2D eigenvalue weighted by molar-refractivity contribution is -0.123. The molecule has 0 radical (unpaired) electrons. The summed E-state index contributed by atoms with van der Waals surface area (Å²) in [5, 5.41) is 2.91. The second-order valence-corrected chi connectivity index (χ2v) is 7.13. The van der Waals surface area contributed by atoms with Crippen LogP contribution < -0.4 is 19.7 Å². The molecule has 2 aromatic rings. The second-order valence-electron chi connectivity index (χ2n) is 7.13. The molecule has 2 aromatic carbocycles. The molecule has 5 heteroatoms. The van der Waals surface area contributed by atoms with Gasteiger partial charge < -0.3 is 19.7 Å². The summed E-state index contributed by atoms with van der Waals surface area (Å²) in [5.74, 6) is 1.32. The number of amides is 1. The van der Waals surface area contributed by atoms with Crippen LogP contribution in [-0.2, 0) is 11.2 Å². The van der Waals surface area contributed by atoms with Gasteiger partial charge in [0.05, 0.1) is 7.11 Å². The summed E-state index contributed by atoms with van der Waals surface area (Å²) in [6.07, 6.45) is 5.82. The third kappa shape index (κ3) is 6.19. The molecule has 1 saturated heterocycles. The highest BCUT2D eigenvalue weighted by Crippen LogP contribution is 2.20. The van der Waals surface area contributed by atoms with Gasteiger partial charge in [-0.05, 0) is 74.1 Å². The molecule has 0 unspecified atom stereocenters. The van der Waals surface area contributed by atoms with Gasteiger partial charge in [0.2, 0.25) is 0 Å². The molecule has 1 aliphatic rings. The van der Waals surface area contributed by atoms with Crippen LogP contribution in [0.15, 0.2) is 48.5 Å². The highest BCUT2D eigenvalue weighted by molar-refractivity contribution is 5.77. The molecule has 28 heavy (non-hydrogen) atoms. The van der Waals surface area contributed by atoms with Crippen LogP contribution >= 0.6 is 0 Å². The molecule has 0 aliphatic carbocycles. The molecule has 5 nitrogen and oxygen atoms in total. The minimum atomic E-state index is -0.101. The van der Waals surface area contributed by atoms with Crippen molar-refractivity contribution in [3.8, 4) is 11.5 Å². The van der Waals surface area contributed by atoms with Crippen molar-refractivity contribution in [3.05, 3.63) is 54.1 Å². The summed E-state index contributed by atoms with van der Waals surface area (Å²) in [7, 11) is 1.62. The average Bonchev–Trinajstić information content (AvgIpc) is 2.76. The van der Waals surface area contributed by atoms with Crippen molar-refractivity contribution in [2.24, 2.45) is 0 Å². The number of carbonyl (C=O) groups excluding carboxylic acids is 1. The van der Waals surface area contributed by atoms with Gasteiger partial charge in [-0.3, -0.25) is 4.79 Å². The summed E-state index contributed by atoms with van der Waals surface area (Å²) in [6, 6.07) is 16.1. The second kappa shape index (κ2) is 10.6. The molecule has 150 valence electrons. The molecule has 1 fully saturated rings. The Morgan fingerprint density at radius 2 is 1.64 bits per heavy atom. The van der Waals surface area contributed by atoms with E-state index in [0.717, 1.165) is 18.6 Å². The van der Waals surface area contributed by atoms with E-state index in [2.05, 4.69) is 34.5 Å². The van der Waals surface area contributed by atoms with Crippen LogP contribution in [0.2, 0.25) is 0 Å². The van der Waals surface area contributed by atoms with Crippen LogP contribution in [0.1, 0.15) is 31.2 Å². The zero-order chi connectivity index (χ0) is 19.6. The number of nitrogens with one attached hydrogen (secondary N) is 1. The minimum Gasteiger partial charge on any atom is -0.497 e. The van der Waals surface area contributed by atoms with Crippen molar-refractivity contribution in [2.45, 2.75) is 32.1 Å². The third-order valence-corrected chi connectivity index (χ3v) is 5.05. The maximum Gasteiger partial charge on any atom is 0.257 e. The lowest BCUT2D eigenvalue weighted by Crippen LogP contribution is -2.30. The van der Waals surface area contributed by atoms with Gasteiger partial charge in [0.25, 0.3) is 5.91 Å². The first-order valence-corrected chi connectivity index (χ1v) is 10.1.